The molecule has 0 spiro atoms. The van der Waals surface area contributed by atoms with Gasteiger partial charge in [0.05, 0.1) is 23.2 Å². The molecule has 1 amide bonds. The first kappa shape index (κ1) is 21.0. The minimum Gasteiger partial charge on any atom is -0.494 e. The molecule has 0 unspecified atom stereocenters. The third-order valence-electron chi connectivity index (χ3n) is 5.87. The Morgan fingerprint density at radius 1 is 1.15 bits per heavy atom. The van der Waals surface area contributed by atoms with Crippen LogP contribution in [-0.2, 0) is 6.54 Å². The summed E-state index contributed by atoms with van der Waals surface area (Å²) in [6.45, 7) is 3.34. The van der Waals surface area contributed by atoms with Gasteiger partial charge in [0, 0.05) is 30.5 Å². The molecule has 2 aromatic carbocycles. The molecule has 1 fully saturated rings. The van der Waals surface area contributed by atoms with Crippen molar-refractivity contribution in [3.63, 3.8) is 0 Å². The standard InChI is InChI=1S/C26H26N4O3/c1-18-5-6-19(25(31)28-20-7-8-20)15-24(18)30-17-27-23-10-9-21(16-22(23)26(30)32)33-14-4-13-29-11-2-3-12-29/h2-3,5-6,9-12,15-17,20H,4,7-8,13-14H2,1H3,(H,28,31). The molecule has 2 aromatic heterocycles. The number of nitrogens with zero attached hydrogens (tertiary/aromatic N) is 3. The van der Waals surface area contributed by atoms with Crippen LogP contribution in [0.1, 0.15) is 35.2 Å². The molecule has 33 heavy (non-hydrogen) atoms. The summed E-state index contributed by atoms with van der Waals surface area (Å²) in [5, 5.41) is 3.47. The Kier molecular flexibility index (Phi) is 5.69. The maximum Gasteiger partial charge on any atom is 0.265 e. The highest BCUT2D eigenvalue weighted by Gasteiger charge is 2.24. The molecule has 4 aromatic rings. The molecule has 0 radical (unpaired) electrons. The lowest BCUT2D eigenvalue weighted by atomic mass is 10.1. The zero-order valence-corrected chi connectivity index (χ0v) is 18.5. The van der Waals surface area contributed by atoms with Gasteiger partial charge in [0.15, 0.2) is 0 Å². The number of ether oxygens (including phenoxy) is 1. The molecule has 0 aliphatic heterocycles. The van der Waals surface area contributed by atoms with Gasteiger partial charge in [-0.15, -0.1) is 0 Å². The number of carbonyl (C=O) groups excluding carboxylic acids is 1. The van der Waals surface area contributed by atoms with Crippen LogP contribution in [0.5, 0.6) is 5.75 Å². The number of carbonyl (C=O) groups is 1. The summed E-state index contributed by atoms with van der Waals surface area (Å²) >= 11 is 0. The van der Waals surface area contributed by atoms with Gasteiger partial charge in [-0.05, 0) is 74.2 Å². The number of amides is 1. The van der Waals surface area contributed by atoms with E-state index in [4.69, 9.17) is 4.74 Å². The zero-order chi connectivity index (χ0) is 22.8. The highest BCUT2D eigenvalue weighted by molar-refractivity contribution is 5.95. The van der Waals surface area contributed by atoms with Crippen LogP contribution in [0.2, 0.25) is 0 Å². The number of hydrogen-bond acceptors (Lipinski definition) is 4. The van der Waals surface area contributed by atoms with E-state index in [1.54, 1.807) is 24.3 Å². The summed E-state index contributed by atoms with van der Waals surface area (Å²) < 4.78 is 9.49. The molecule has 7 heteroatoms. The van der Waals surface area contributed by atoms with E-state index in [9.17, 15) is 9.59 Å². The lowest BCUT2D eigenvalue weighted by Crippen LogP contribution is -2.26. The van der Waals surface area contributed by atoms with Crippen molar-refractivity contribution in [2.75, 3.05) is 6.61 Å². The van der Waals surface area contributed by atoms with Crippen LogP contribution in [0.4, 0.5) is 0 Å². The summed E-state index contributed by atoms with van der Waals surface area (Å²) in [4.78, 5) is 30.3. The molecule has 7 nitrogen and oxygen atoms in total. The van der Waals surface area contributed by atoms with Gasteiger partial charge in [-0.3, -0.25) is 14.2 Å². The number of hydrogen-bond donors (Lipinski definition) is 1. The summed E-state index contributed by atoms with van der Waals surface area (Å²) in [6, 6.07) is 15.1. The number of fused-ring (bicyclic) bond motifs is 1. The van der Waals surface area contributed by atoms with Gasteiger partial charge < -0.3 is 14.6 Å². The topological polar surface area (TPSA) is 78.2 Å². The molecule has 168 valence electrons. The maximum atomic E-state index is 13.4. The van der Waals surface area contributed by atoms with Crippen LogP contribution in [0.25, 0.3) is 16.6 Å². The van der Waals surface area contributed by atoms with Crippen LogP contribution in [0.3, 0.4) is 0 Å². The Bertz CT molecular complexity index is 1350. The van der Waals surface area contributed by atoms with E-state index in [1.165, 1.54) is 10.9 Å². The van der Waals surface area contributed by atoms with Gasteiger partial charge in [0.2, 0.25) is 0 Å². The molecule has 1 aliphatic rings. The smallest absolute Gasteiger partial charge is 0.265 e. The Hall–Kier alpha value is -3.87. The van der Waals surface area contributed by atoms with Crippen LogP contribution >= 0.6 is 0 Å². The summed E-state index contributed by atoms with van der Waals surface area (Å²) in [5.41, 5.74) is 2.49. The van der Waals surface area contributed by atoms with Gasteiger partial charge in [-0.25, -0.2) is 4.98 Å². The highest BCUT2D eigenvalue weighted by Crippen LogP contribution is 2.22. The van der Waals surface area contributed by atoms with Crippen molar-refractivity contribution in [1.29, 1.82) is 0 Å². The first-order chi connectivity index (χ1) is 16.1. The number of rotatable bonds is 8. The van der Waals surface area contributed by atoms with Crippen molar-refractivity contribution in [2.45, 2.75) is 38.8 Å². The SMILES string of the molecule is Cc1ccc(C(=O)NC2CC2)cc1-n1cnc2ccc(OCCCn3cccc3)cc2c1=O. The Morgan fingerprint density at radius 3 is 2.76 bits per heavy atom. The average Bonchev–Trinajstić information content (AvgIpc) is 3.48. The van der Waals surface area contributed by atoms with Crippen LogP contribution in [0, 0.1) is 6.92 Å². The molecular formula is C26H26N4O3. The predicted octanol–water partition coefficient (Wildman–Crippen LogP) is 3.86. The minimum atomic E-state index is -0.194. The maximum absolute atomic E-state index is 13.4. The Balaban J connectivity index is 1.39. The van der Waals surface area contributed by atoms with Crippen molar-refractivity contribution < 1.29 is 9.53 Å². The Morgan fingerprint density at radius 2 is 1.97 bits per heavy atom. The van der Waals surface area contributed by atoms with Gasteiger partial charge >= 0.3 is 0 Å². The van der Waals surface area contributed by atoms with Crippen LogP contribution in [-0.4, -0.2) is 32.7 Å². The molecule has 1 N–H and O–H groups in total. The molecular weight excluding hydrogens is 416 g/mol. The zero-order valence-electron chi connectivity index (χ0n) is 18.5. The van der Waals surface area contributed by atoms with Crippen molar-refractivity contribution in [3.05, 3.63) is 88.7 Å². The van der Waals surface area contributed by atoms with E-state index >= 15 is 0 Å². The molecule has 1 aliphatic carbocycles. The minimum absolute atomic E-state index is 0.115. The lowest BCUT2D eigenvalue weighted by Gasteiger charge is -2.13. The van der Waals surface area contributed by atoms with E-state index in [-0.39, 0.29) is 17.5 Å². The lowest BCUT2D eigenvalue weighted by molar-refractivity contribution is 0.0951. The molecule has 2 heterocycles. The molecule has 1 saturated carbocycles. The third kappa shape index (κ3) is 4.67. The average molecular weight is 443 g/mol. The molecule has 0 bridgehead atoms. The highest BCUT2D eigenvalue weighted by atomic mass is 16.5. The van der Waals surface area contributed by atoms with Crippen molar-refractivity contribution >= 4 is 16.8 Å². The van der Waals surface area contributed by atoms with Crippen LogP contribution < -0.4 is 15.6 Å². The second-order valence-corrected chi connectivity index (χ2v) is 8.47. The fourth-order valence-corrected chi connectivity index (χ4v) is 3.83. The largest absolute Gasteiger partial charge is 0.494 e. The number of aryl methyl sites for hydroxylation is 2. The molecule has 5 rings (SSSR count). The first-order valence-electron chi connectivity index (χ1n) is 11.3. The second-order valence-electron chi connectivity index (χ2n) is 8.47. The third-order valence-corrected chi connectivity index (χ3v) is 5.87. The van der Waals surface area contributed by atoms with E-state index in [2.05, 4.69) is 14.9 Å². The summed E-state index contributed by atoms with van der Waals surface area (Å²) in [6.07, 6.45) is 8.48. The van der Waals surface area contributed by atoms with E-state index in [0.29, 0.717) is 34.5 Å². The molecule has 0 saturated heterocycles. The van der Waals surface area contributed by atoms with Crippen molar-refractivity contribution in [3.8, 4) is 11.4 Å². The van der Waals surface area contributed by atoms with Crippen molar-refractivity contribution in [1.82, 2.24) is 19.4 Å². The Labute approximate surface area is 191 Å². The fourth-order valence-electron chi connectivity index (χ4n) is 3.83. The summed E-state index contributed by atoms with van der Waals surface area (Å²) in [7, 11) is 0. The molecule has 0 atom stereocenters. The number of nitrogens with one attached hydrogen (secondary N) is 1. The van der Waals surface area contributed by atoms with E-state index in [1.807, 2.05) is 43.6 Å². The van der Waals surface area contributed by atoms with E-state index in [0.717, 1.165) is 31.4 Å². The number of benzene rings is 2. The fraction of sp³-hybridized carbons (Fsp3) is 0.269. The monoisotopic (exact) mass is 442 g/mol. The predicted molar refractivity (Wildman–Crippen MR) is 127 cm³/mol. The van der Waals surface area contributed by atoms with Gasteiger partial charge in [-0.1, -0.05) is 6.07 Å². The second kappa shape index (κ2) is 8.94. The summed E-state index contributed by atoms with van der Waals surface area (Å²) in [5.74, 6) is 0.525. The van der Waals surface area contributed by atoms with Crippen LogP contribution in [0.15, 0.2) is 72.0 Å². The number of aromatic nitrogens is 3. The first-order valence-corrected chi connectivity index (χ1v) is 11.3. The van der Waals surface area contributed by atoms with Gasteiger partial charge in [0.25, 0.3) is 11.5 Å². The van der Waals surface area contributed by atoms with E-state index < -0.39 is 0 Å². The van der Waals surface area contributed by atoms with Crippen molar-refractivity contribution in [2.24, 2.45) is 0 Å². The normalized spacial score (nSPS) is 13.2. The quantitative estimate of drug-likeness (QED) is 0.421. The van der Waals surface area contributed by atoms with Gasteiger partial charge in [0.1, 0.15) is 12.1 Å². The van der Waals surface area contributed by atoms with Gasteiger partial charge in [-0.2, -0.15) is 0 Å².